The van der Waals surface area contributed by atoms with E-state index in [4.69, 9.17) is 22.1 Å². The fraction of sp³-hybridized carbons (Fsp3) is 0.294. The van der Waals surface area contributed by atoms with Gasteiger partial charge in [0.15, 0.2) is 0 Å². The van der Waals surface area contributed by atoms with Gasteiger partial charge >= 0.3 is 0 Å². The lowest BCUT2D eigenvalue weighted by Crippen LogP contribution is -2.29. The molecule has 0 aliphatic rings. The number of nitrogens with two attached hydrogens (primary N) is 1. The highest BCUT2D eigenvalue weighted by Crippen LogP contribution is 2.31. The number of halogens is 1. The molecule has 2 aromatic rings. The van der Waals surface area contributed by atoms with Crippen molar-refractivity contribution in [3.63, 3.8) is 0 Å². The van der Waals surface area contributed by atoms with Crippen molar-refractivity contribution >= 4 is 11.6 Å². The maximum absolute atomic E-state index is 6.23. The third-order valence-electron chi connectivity index (χ3n) is 3.22. The second-order valence-corrected chi connectivity index (χ2v) is 5.65. The monoisotopic (exact) mass is 289 g/mol. The molecule has 0 amide bonds. The highest BCUT2D eigenvalue weighted by molar-refractivity contribution is 6.32. The molecule has 0 radical (unpaired) electrons. The number of hydrogen-bond acceptors (Lipinski definition) is 2. The van der Waals surface area contributed by atoms with Crippen LogP contribution in [0.3, 0.4) is 0 Å². The zero-order valence-electron chi connectivity index (χ0n) is 12.1. The van der Waals surface area contributed by atoms with E-state index in [0.717, 1.165) is 11.1 Å². The molecule has 0 bridgehead atoms. The zero-order valence-corrected chi connectivity index (χ0v) is 12.8. The Morgan fingerprint density at radius 3 is 2.15 bits per heavy atom. The molecule has 0 saturated carbocycles. The van der Waals surface area contributed by atoms with Crippen molar-refractivity contribution in [1.82, 2.24) is 0 Å². The average molecular weight is 290 g/mol. The maximum Gasteiger partial charge on any atom is 0.139 e. The molecule has 2 nitrogen and oxygen atoms in total. The summed E-state index contributed by atoms with van der Waals surface area (Å²) in [4.78, 5) is 0. The highest BCUT2D eigenvalue weighted by atomic mass is 35.5. The van der Waals surface area contributed by atoms with Gasteiger partial charge in [-0.05, 0) is 44.0 Å². The third kappa shape index (κ3) is 3.53. The lowest BCUT2D eigenvalue weighted by atomic mass is 10.0. The van der Waals surface area contributed by atoms with E-state index in [1.54, 1.807) is 0 Å². The van der Waals surface area contributed by atoms with E-state index in [-0.39, 0.29) is 12.1 Å². The first-order valence-corrected chi connectivity index (χ1v) is 7.10. The minimum absolute atomic E-state index is 0.130. The molecule has 0 aliphatic heterocycles. The average Bonchev–Trinajstić information content (AvgIpc) is 2.39. The van der Waals surface area contributed by atoms with Gasteiger partial charge < -0.3 is 10.5 Å². The summed E-state index contributed by atoms with van der Waals surface area (Å²) in [6.07, 6.45) is -0.212. The smallest absolute Gasteiger partial charge is 0.139 e. The summed E-state index contributed by atoms with van der Waals surface area (Å²) in [6, 6.07) is 13.8. The molecule has 2 unspecified atom stereocenters. The van der Waals surface area contributed by atoms with Crippen LogP contribution in [0, 0.1) is 13.8 Å². The van der Waals surface area contributed by atoms with Crippen LogP contribution in [0.2, 0.25) is 5.02 Å². The Morgan fingerprint density at radius 2 is 1.60 bits per heavy atom. The van der Waals surface area contributed by atoms with Gasteiger partial charge in [-0.15, -0.1) is 0 Å². The van der Waals surface area contributed by atoms with Gasteiger partial charge in [0, 0.05) is 6.04 Å². The first kappa shape index (κ1) is 14.9. The van der Waals surface area contributed by atoms with E-state index in [1.807, 2.05) is 44.2 Å². The van der Waals surface area contributed by atoms with Gasteiger partial charge in [0.25, 0.3) is 0 Å². The lowest BCUT2D eigenvalue weighted by molar-refractivity contribution is 0.180. The van der Waals surface area contributed by atoms with Crippen molar-refractivity contribution in [2.45, 2.75) is 32.9 Å². The molecule has 0 heterocycles. The Hall–Kier alpha value is -1.51. The molecule has 2 rings (SSSR count). The molecule has 2 atom stereocenters. The third-order valence-corrected chi connectivity index (χ3v) is 3.52. The molecule has 0 spiro atoms. The number of hydrogen-bond donors (Lipinski definition) is 1. The van der Waals surface area contributed by atoms with E-state index in [1.165, 1.54) is 5.56 Å². The maximum atomic E-state index is 6.23. The van der Waals surface area contributed by atoms with Gasteiger partial charge in [0.2, 0.25) is 0 Å². The largest absolute Gasteiger partial charge is 0.483 e. The van der Waals surface area contributed by atoms with Crippen LogP contribution in [-0.4, -0.2) is 6.04 Å². The summed E-state index contributed by atoms with van der Waals surface area (Å²) < 4.78 is 6.03. The van der Waals surface area contributed by atoms with E-state index < -0.39 is 0 Å². The molecule has 3 heteroatoms. The molecule has 0 aliphatic carbocycles. The predicted octanol–water partition coefficient (Wildman–Crippen LogP) is 4.42. The molecule has 0 aromatic heterocycles. The second-order valence-electron chi connectivity index (χ2n) is 5.24. The molecule has 106 valence electrons. The molecule has 0 saturated heterocycles. The first-order valence-electron chi connectivity index (χ1n) is 6.72. The van der Waals surface area contributed by atoms with Gasteiger partial charge in [0.1, 0.15) is 11.9 Å². The number of rotatable bonds is 4. The molecular formula is C17H20ClNO. The van der Waals surface area contributed by atoms with Crippen LogP contribution >= 0.6 is 11.6 Å². The second kappa shape index (κ2) is 6.29. The van der Waals surface area contributed by atoms with Gasteiger partial charge in [-0.3, -0.25) is 0 Å². The van der Waals surface area contributed by atoms with Crippen LogP contribution in [0.5, 0.6) is 5.75 Å². The number of benzene rings is 2. The van der Waals surface area contributed by atoms with Crippen LogP contribution in [0.4, 0.5) is 0 Å². The number of ether oxygens (including phenoxy) is 1. The summed E-state index contributed by atoms with van der Waals surface area (Å²) in [5, 5.41) is 0.614. The molecule has 0 fully saturated rings. The van der Waals surface area contributed by atoms with E-state index in [0.29, 0.717) is 10.8 Å². The van der Waals surface area contributed by atoms with E-state index >= 15 is 0 Å². The van der Waals surface area contributed by atoms with Gasteiger partial charge in [-0.1, -0.05) is 47.5 Å². The van der Waals surface area contributed by atoms with Crippen molar-refractivity contribution in [3.05, 3.63) is 64.2 Å². The molecule has 2 aromatic carbocycles. The Balaban J connectivity index is 2.28. The Kier molecular flexibility index (Phi) is 4.69. The quantitative estimate of drug-likeness (QED) is 0.904. The highest BCUT2D eigenvalue weighted by Gasteiger charge is 2.19. The number of aryl methyl sites for hydroxylation is 2. The normalized spacial score (nSPS) is 13.8. The first-order chi connectivity index (χ1) is 9.47. The van der Waals surface area contributed by atoms with Crippen molar-refractivity contribution in [2.75, 3.05) is 0 Å². The van der Waals surface area contributed by atoms with Crippen molar-refractivity contribution < 1.29 is 4.74 Å². The fourth-order valence-electron chi connectivity index (χ4n) is 2.07. The Morgan fingerprint density at radius 1 is 1.00 bits per heavy atom. The minimum Gasteiger partial charge on any atom is -0.483 e. The summed E-state index contributed by atoms with van der Waals surface area (Å²) >= 11 is 6.23. The summed E-state index contributed by atoms with van der Waals surface area (Å²) in [5.41, 5.74) is 9.44. The van der Waals surface area contributed by atoms with Crippen LogP contribution in [0.15, 0.2) is 42.5 Å². The Labute approximate surface area is 125 Å². The molecular weight excluding hydrogens is 270 g/mol. The summed E-state index contributed by atoms with van der Waals surface area (Å²) in [6.45, 7) is 5.99. The molecule has 2 N–H and O–H groups in total. The predicted molar refractivity (Wildman–Crippen MR) is 84.4 cm³/mol. The van der Waals surface area contributed by atoms with Gasteiger partial charge in [-0.2, -0.15) is 0 Å². The Bertz CT molecular complexity index is 578. The van der Waals surface area contributed by atoms with Crippen LogP contribution in [-0.2, 0) is 0 Å². The van der Waals surface area contributed by atoms with Crippen LogP contribution < -0.4 is 10.5 Å². The lowest BCUT2D eigenvalue weighted by Gasteiger charge is -2.23. The summed E-state index contributed by atoms with van der Waals surface area (Å²) in [5.74, 6) is 0.667. The van der Waals surface area contributed by atoms with Crippen molar-refractivity contribution in [1.29, 1.82) is 0 Å². The van der Waals surface area contributed by atoms with Crippen molar-refractivity contribution in [3.8, 4) is 5.75 Å². The molecule has 20 heavy (non-hydrogen) atoms. The standard InChI is InChI=1S/C17H20ClNO/c1-11-4-7-14(8-5-11)17(13(3)19)20-16-9-6-12(2)10-15(16)18/h4-10,13,17H,19H2,1-3H3. The fourth-order valence-corrected chi connectivity index (χ4v) is 2.35. The van der Waals surface area contributed by atoms with Gasteiger partial charge in [0.05, 0.1) is 5.02 Å². The SMILES string of the molecule is Cc1ccc(C(Oc2ccc(C)cc2Cl)C(C)N)cc1. The zero-order chi connectivity index (χ0) is 14.7. The summed E-state index contributed by atoms with van der Waals surface area (Å²) in [7, 11) is 0. The van der Waals surface area contributed by atoms with Gasteiger partial charge in [-0.25, -0.2) is 0 Å². The van der Waals surface area contributed by atoms with Crippen molar-refractivity contribution in [2.24, 2.45) is 5.73 Å². The van der Waals surface area contributed by atoms with Crippen LogP contribution in [0.1, 0.15) is 29.7 Å². The van der Waals surface area contributed by atoms with Crippen LogP contribution in [0.25, 0.3) is 0 Å². The minimum atomic E-state index is -0.212. The van der Waals surface area contributed by atoms with E-state index in [2.05, 4.69) is 19.1 Å². The van der Waals surface area contributed by atoms with E-state index in [9.17, 15) is 0 Å². The topological polar surface area (TPSA) is 35.2 Å².